The lowest BCUT2D eigenvalue weighted by atomic mass is 10.2. The molecular weight excluding hydrogens is 296 g/mol. The summed E-state index contributed by atoms with van der Waals surface area (Å²) >= 11 is 7.75. The van der Waals surface area contributed by atoms with Gasteiger partial charge in [-0.15, -0.1) is 11.3 Å². The molecule has 104 valence electrons. The highest BCUT2D eigenvalue weighted by molar-refractivity contribution is 7.09. The molecule has 0 fully saturated rings. The number of carboxylic acid groups (broad SMARTS) is 1. The molecule has 0 aliphatic carbocycles. The van der Waals surface area contributed by atoms with Crippen LogP contribution >= 0.6 is 22.9 Å². The maximum absolute atomic E-state index is 10.6. The molecule has 1 heterocycles. The normalized spacial score (nSPS) is 10.8. The lowest BCUT2D eigenvalue weighted by Gasteiger charge is -2.10. The van der Waals surface area contributed by atoms with E-state index in [1.165, 1.54) is 11.0 Å². The first kappa shape index (κ1) is 14.6. The Bertz CT molecular complexity index is 606. The van der Waals surface area contributed by atoms with E-state index in [1.807, 2.05) is 11.4 Å². The van der Waals surface area contributed by atoms with Crippen LogP contribution in [0.5, 0.6) is 5.75 Å². The molecule has 0 atom stereocenters. The van der Waals surface area contributed by atoms with Crippen LogP contribution in [-0.2, 0) is 11.2 Å². The van der Waals surface area contributed by atoms with E-state index in [4.69, 9.17) is 21.4 Å². The van der Waals surface area contributed by atoms with Crippen molar-refractivity contribution in [3.8, 4) is 5.75 Å². The lowest BCUT2D eigenvalue weighted by molar-refractivity contribution is -0.131. The van der Waals surface area contributed by atoms with E-state index in [0.29, 0.717) is 22.9 Å². The fourth-order valence-corrected chi connectivity index (χ4v) is 2.59. The molecule has 1 aromatic carbocycles. The second-order valence-electron chi connectivity index (χ2n) is 4.00. The maximum atomic E-state index is 10.6. The smallest absolute Gasteiger partial charge is 0.328 e. The predicted molar refractivity (Wildman–Crippen MR) is 81.6 cm³/mol. The molecule has 2 rings (SSSR count). The van der Waals surface area contributed by atoms with E-state index in [0.717, 1.165) is 12.5 Å². The molecule has 0 bridgehead atoms. The van der Waals surface area contributed by atoms with Gasteiger partial charge in [0.25, 0.3) is 0 Å². The fraction of sp³-hybridized carbons (Fsp3) is 0.133. The van der Waals surface area contributed by atoms with Crippen LogP contribution in [0.2, 0.25) is 5.02 Å². The van der Waals surface area contributed by atoms with Crippen molar-refractivity contribution in [3.63, 3.8) is 0 Å². The summed E-state index contributed by atoms with van der Waals surface area (Å²) in [4.78, 5) is 11.8. The summed E-state index contributed by atoms with van der Waals surface area (Å²) in [5.41, 5.74) is 0.586. The quantitative estimate of drug-likeness (QED) is 0.816. The standard InChI is InChI=1S/C15H13ClO3S/c16-13-4-1-5-14(12(13)6-7-15(17)18)19-9-8-11-3-2-10-20-11/h1-7,10H,8-9H2,(H,17,18)/b7-6+. The SMILES string of the molecule is O=C(O)/C=C/c1c(Cl)cccc1OCCc1cccs1. The number of halogens is 1. The van der Waals surface area contributed by atoms with Crippen molar-refractivity contribution in [2.45, 2.75) is 6.42 Å². The average Bonchev–Trinajstić information content (AvgIpc) is 2.91. The van der Waals surface area contributed by atoms with Gasteiger partial charge in [0.05, 0.1) is 11.6 Å². The van der Waals surface area contributed by atoms with Crippen molar-refractivity contribution in [1.82, 2.24) is 0 Å². The van der Waals surface area contributed by atoms with E-state index in [-0.39, 0.29) is 0 Å². The van der Waals surface area contributed by atoms with E-state index in [1.54, 1.807) is 29.5 Å². The number of thiophene rings is 1. The number of aliphatic carboxylic acids is 1. The molecule has 0 saturated carbocycles. The van der Waals surface area contributed by atoms with Crippen LogP contribution in [0.15, 0.2) is 41.8 Å². The van der Waals surface area contributed by atoms with Crippen LogP contribution in [0, 0.1) is 0 Å². The average molecular weight is 309 g/mol. The van der Waals surface area contributed by atoms with Gasteiger partial charge < -0.3 is 9.84 Å². The van der Waals surface area contributed by atoms with Crippen molar-refractivity contribution in [2.75, 3.05) is 6.61 Å². The Labute approximate surface area is 126 Å². The number of carboxylic acids is 1. The lowest BCUT2D eigenvalue weighted by Crippen LogP contribution is -2.01. The van der Waals surface area contributed by atoms with Crippen LogP contribution < -0.4 is 4.74 Å². The largest absolute Gasteiger partial charge is 0.493 e. The molecule has 1 N–H and O–H groups in total. The van der Waals surface area contributed by atoms with Gasteiger partial charge in [-0.05, 0) is 29.7 Å². The summed E-state index contributed by atoms with van der Waals surface area (Å²) in [5.74, 6) is -0.430. The summed E-state index contributed by atoms with van der Waals surface area (Å²) in [6.07, 6.45) is 3.31. The third kappa shape index (κ3) is 4.11. The van der Waals surface area contributed by atoms with Crippen LogP contribution in [0.25, 0.3) is 6.08 Å². The first-order valence-electron chi connectivity index (χ1n) is 6.01. The second-order valence-corrected chi connectivity index (χ2v) is 5.44. The zero-order valence-electron chi connectivity index (χ0n) is 10.6. The van der Waals surface area contributed by atoms with Gasteiger partial charge >= 0.3 is 5.97 Å². The number of benzene rings is 1. The van der Waals surface area contributed by atoms with Gasteiger partial charge in [-0.25, -0.2) is 4.79 Å². The predicted octanol–water partition coefficient (Wildman–Crippen LogP) is 4.12. The molecule has 5 heteroatoms. The number of rotatable bonds is 6. The minimum Gasteiger partial charge on any atom is -0.493 e. The molecule has 0 unspecified atom stereocenters. The zero-order valence-corrected chi connectivity index (χ0v) is 12.2. The van der Waals surface area contributed by atoms with Gasteiger partial charge in [0.1, 0.15) is 5.75 Å². The molecule has 0 saturated heterocycles. The first-order valence-corrected chi connectivity index (χ1v) is 7.27. The van der Waals surface area contributed by atoms with Gasteiger partial charge in [-0.3, -0.25) is 0 Å². The fourth-order valence-electron chi connectivity index (χ4n) is 1.68. The molecule has 0 aliphatic heterocycles. The van der Waals surface area contributed by atoms with Crippen LogP contribution in [0.1, 0.15) is 10.4 Å². The van der Waals surface area contributed by atoms with Gasteiger partial charge in [0, 0.05) is 22.9 Å². The molecule has 0 aliphatic rings. The van der Waals surface area contributed by atoms with Gasteiger partial charge in [-0.1, -0.05) is 23.7 Å². The van der Waals surface area contributed by atoms with Crippen LogP contribution in [-0.4, -0.2) is 17.7 Å². The van der Waals surface area contributed by atoms with Crippen molar-refractivity contribution in [3.05, 3.63) is 57.3 Å². The minimum atomic E-state index is -1.02. The zero-order chi connectivity index (χ0) is 14.4. The summed E-state index contributed by atoms with van der Waals surface area (Å²) in [6, 6.07) is 9.32. The summed E-state index contributed by atoms with van der Waals surface area (Å²) in [7, 11) is 0. The molecule has 0 radical (unpaired) electrons. The number of ether oxygens (including phenoxy) is 1. The monoisotopic (exact) mass is 308 g/mol. The Morgan fingerprint density at radius 3 is 2.90 bits per heavy atom. The topological polar surface area (TPSA) is 46.5 Å². The van der Waals surface area contributed by atoms with Gasteiger partial charge in [-0.2, -0.15) is 0 Å². The number of hydrogen-bond donors (Lipinski definition) is 1. The summed E-state index contributed by atoms with van der Waals surface area (Å²) < 4.78 is 5.70. The van der Waals surface area contributed by atoms with Crippen molar-refractivity contribution < 1.29 is 14.6 Å². The second kappa shape index (κ2) is 7.12. The minimum absolute atomic E-state index is 0.469. The van der Waals surface area contributed by atoms with Crippen molar-refractivity contribution in [1.29, 1.82) is 0 Å². The highest BCUT2D eigenvalue weighted by Crippen LogP contribution is 2.28. The Kier molecular flexibility index (Phi) is 5.21. The van der Waals surface area contributed by atoms with Crippen molar-refractivity contribution in [2.24, 2.45) is 0 Å². The van der Waals surface area contributed by atoms with E-state index >= 15 is 0 Å². The third-order valence-corrected chi connectivity index (χ3v) is 3.86. The first-order chi connectivity index (χ1) is 9.66. The molecule has 1 aromatic heterocycles. The Morgan fingerprint density at radius 2 is 2.20 bits per heavy atom. The molecule has 3 nitrogen and oxygen atoms in total. The number of hydrogen-bond acceptors (Lipinski definition) is 3. The summed E-state index contributed by atoms with van der Waals surface area (Å²) in [6.45, 7) is 0.523. The van der Waals surface area contributed by atoms with E-state index < -0.39 is 5.97 Å². The molecule has 0 spiro atoms. The maximum Gasteiger partial charge on any atom is 0.328 e. The Balaban J connectivity index is 2.06. The van der Waals surface area contributed by atoms with E-state index in [2.05, 4.69) is 6.07 Å². The molecule has 0 amide bonds. The highest BCUT2D eigenvalue weighted by atomic mass is 35.5. The number of carbonyl (C=O) groups is 1. The van der Waals surface area contributed by atoms with Gasteiger partial charge in [0.15, 0.2) is 0 Å². The van der Waals surface area contributed by atoms with Gasteiger partial charge in [0.2, 0.25) is 0 Å². The van der Waals surface area contributed by atoms with Crippen LogP contribution in [0.3, 0.4) is 0 Å². The summed E-state index contributed by atoms with van der Waals surface area (Å²) in [5, 5.41) is 11.2. The Morgan fingerprint density at radius 1 is 1.35 bits per heavy atom. The molecule has 20 heavy (non-hydrogen) atoms. The Hall–Kier alpha value is -1.78. The van der Waals surface area contributed by atoms with Crippen molar-refractivity contribution >= 4 is 35.0 Å². The molecular formula is C15H13ClO3S. The molecule has 2 aromatic rings. The highest BCUT2D eigenvalue weighted by Gasteiger charge is 2.06. The van der Waals surface area contributed by atoms with E-state index in [9.17, 15) is 4.79 Å². The van der Waals surface area contributed by atoms with Crippen LogP contribution in [0.4, 0.5) is 0 Å². The third-order valence-electron chi connectivity index (χ3n) is 2.59.